The molecule has 2 aliphatic rings. The zero-order valence-electron chi connectivity index (χ0n) is 14.0. The van der Waals surface area contributed by atoms with Gasteiger partial charge in [0.05, 0.1) is 0 Å². The maximum absolute atomic E-state index is 6.61. The van der Waals surface area contributed by atoms with Crippen LogP contribution >= 0.6 is 0 Å². The Hall–Kier alpha value is -0.860. The van der Waals surface area contributed by atoms with Crippen LogP contribution in [0.4, 0.5) is 0 Å². The van der Waals surface area contributed by atoms with Crippen LogP contribution in [0.2, 0.25) is 0 Å². The van der Waals surface area contributed by atoms with E-state index in [4.69, 9.17) is 5.73 Å². The third-order valence-corrected chi connectivity index (χ3v) is 5.80. The molecule has 2 heterocycles. The normalized spacial score (nSPS) is 31.4. The third-order valence-electron chi connectivity index (χ3n) is 5.80. The van der Waals surface area contributed by atoms with Crippen molar-refractivity contribution in [3.63, 3.8) is 0 Å². The summed E-state index contributed by atoms with van der Waals surface area (Å²) in [4.78, 5) is 2.59. The van der Waals surface area contributed by atoms with Gasteiger partial charge >= 0.3 is 0 Å². The smallest absolute Gasteiger partial charge is 0.0324 e. The van der Waals surface area contributed by atoms with Crippen molar-refractivity contribution in [1.29, 1.82) is 0 Å². The molecule has 3 atom stereocenters. The molecule has 2 heteroatoms. The zero-order chi connectivity index (χ0) is 15.2. The van der Waals surface area contributed by atoms with Gasteiger partial charge < -0.3 is 10.6 Å². The van der Waals surface area contributed by atoms with E-state index in [1.807, 2.05) is 0 Å². The lowest BCUT2D eigenvalue weighted by atomic mass is 9.81. The lowest BCUT2D eigenvalue weighted by Gasteiger charge is -2.39. The molecule has 2 saturated heterocycles. The van der Waals surface area contributed by atoms with E-state index in [0.717, 1.165) is 12.1 Å². The summed E-state index contributed by atoms with van der Waals surface area (Å²) >= 11 is 0. The van der Waals surface area contributed by atoms with Crippen molar-refractivity contribution in [2.24, 2.45) is 11.7 Å². The second kappa shape index (κ2) is 5.40. The monoisotopic (exact) mass is 286 g/mol. The minimum Gasteiger partial charge on any atom is -0.324 e. The summed E-state index contributed by atoms with van der Waals surface area (Å²) in [6.07, 6.45) is 5.28. The second-order valence-corrected chi connectivity index (χ2v) is 8.18. The number of rotatable bonds is 2. The summed E-state index contributed by atoms with van der Waals surface area (Å²) in [7, 11) is 2.29. The van der Waals surface area contributed by atoms with Crippen molar-refractivity contribution < 1.29 is 0 Å². The molecule has 3 unspecified atom stereocenters. The van der Waals surface area contributed by atoms with E-state index in [1.54, 1.807) is 0 Å². The lowest BCUT2D eigenvalue weighted by Crippen LogP contribution is -2.42. The molecule has 116 valence electrons. The summed E-state index contributed by atoms with van der Waals surface area (Å²) in [6.45, 7) is 6.78. The highest BCUT2D eigenvalue weighted by Crippen LogP contribution is 2.41. The number of fused-ring (bicyclic) bond motifs is 2. The highest BCUT2D eigenvalue weighted by molar-refractivity contribution is 5.29. The molecule has 0 spiro atoms. The van der Waals surface area contributed by atoms with Crippen molar-refractivity contribution >= 4 is 0 Å². The van der Waals surface area contributed by atoms with E-state index in [0.29, 0.717) is 5.92 Å². The van der Waals surface area contributed by atoms with Crippen LogP contribution in [0.25, 0.3) is 0 Å². The molecule has 1 aromatic rings. The number of nitrogens with zero attached hydrogens (tertiary/aromatic N) is 1. The van der Waals surface area contributed by atoms with Crippen molar-refractivity contribution in [2.75, 3.05) is 7.05 Å². The fourth-order valence-corrected chi connectivity index (χ4v) is 4.22. The Morgan fingerprint density at radius 2 is 1.57 bits per heavy atom. The zero-order valence-corrected chi connectivity index (χ0v) is 14.0. The molecule has 0 saturated carbocycles. The van der Waals surface area contributed by atoms with Gasteiger partial charge in [0.2, 0.25) is 0 Å². The highest BCUT2D eigenvalue weighted by Gasteiger charge is 2.40. The molecule has 2 bridgehead atoms. The van der Waals surface area contributed by atoms with E-state index in [2.05, 4.69) is 57.0 Å². The molecular weight excluding hydrogens is 256 g/mol. The Kier molecular flexibility index (Phi) is 3.87. The molecule has 2 aliphatic heterocycles. The van der Waals surface area contributed by atoms with Gasteiger partial charge in [0.25, 0.3) is 0 Å². The van der Waals surface area contributed by atoms with Crippen LogP contribution in [0.15, 0.2) is 24.3 Å². The van der Waals surface area contributed by atoms with E-state index < -0.39 is 0 Å². The summed E-state index contributed by atoms with van der Waals surface area (Å²) in [5, 5.41) is 0. The highest BCUT2D eigenvalue weighted by atomic mass is 15.2. The Bertz CT molecular complexity index is 471. The number of piperidine rings is 1. The van der Waals surface area contributed by atoms with Gasteiger partial charge in [-0.15, -0.1) is 0 Å². The van der Waals surface area contributed by atoms with Crippen molar-refractivity contribution in [3.8, 4) is 0 Å². The van der Waals surface area contributed by atoms with Crippen molar-refractivity contribution in [3.05, 3.63) is 35.4 Å². The molecule has 1 aromatic carbocycles. The average Bonchev–Trinajstić information content (AvgIpc) is 2.66. The lowest BCUT2D eigenvalue weighted by molar-refractivity contribution is 0.121. The molecule has 3 rings (SSSR count). The van der Waals surface area contributed by atoms with E-state index in [-0.39, 0.29) is 11.5 Å². The van der Waals surface area contributed by atoms with Crippen LogP contribution < -0.4 is 5.73 Å². The topological polar surface area (TPSA) is 29.3 Å². The van der Waals surface area contributed by atoms with Gasteiger partial charge in [-0.1, -0.05) is 45.0 Å². The fourth-order valence-electron chi connectivity index (χ4n) is 4.22. The second-order valence-electron chi connectivity index (χ2n) is 8.18. The SMILES string of the molecule is CN1C2CCC1CC(C(N)c1ccc(C(C)(C)C)cc1)C2. The summed E-state index contributed by atoms with van der Waals surface area (Å²) in [5.41, 5.74) is 9.53. The Labute approximate surface area is 129 Å². The quantitative estimate of drug-likeness (QED) is 0.894. The Morgan fingerprint density at radius 3 is 2.05 bits per heavy atom. The number of hydrogen-bond donors (Lipinski definition) is 1. The first-order valence-corrected chi connectivity index (χ1v) is 8.44. The van der Waals surface area contributed by atoms with Crippen LogP contribution in [0.3, 0.4) is 0 Å². The molecule has 0 radical (unpaired) electrons. The number of nitrogens with two attached hydrogens (primary N) is 1. The van der Waals surface area contributed by atoms with Crippen LogP contribution in [-0.4, -0.2) is 24.0 Å². The summed E-state index contributed by atoms with van der Waals surface area (Å²) < 4.78 is 0. The van der Waals surface area contributed by atoms with Gasteiger partial charge in [0.15, 0.2) is 0 Å². The van der Waals surface area contributed by atoms with Crippen molar-refractivity contribution in [2.45, 2.75) is 70.0 Å². The van der Waals surface area contributed by atoms with Gasteiger partial charge in [0, 0.05) is 18.1 Å². The first-order chi connectivity index (χ1) is 9.86. The predicted octanol–water partition coefficient (Wildman–Crippen LogP) is 3.86. The maximum atomic E-state index is 6.61. The van der Waals surface area contributed by atoms with Crippen LogP contribution in [0, 0.1) is 5.92 Å². The standard InChI is InChI=1S/C19H30N2/c1-19(2,3)15-7-5-13(6-8-15)18(20)14-11-16-9-10-17(12-14)21(16)4/h5-8,14,16-18H,9-12,20H2,1-4H3. The molecule has 21 heavy (non-hydrogen) atoms. The van der Waals surface area contributed by atoms with Gasteiger partial charge in [0.1, 0.15) is 0 Å². The minimum absolute atomic E-state index is 0.204. The van der Waals surface area contributed by atoms with Gasteiger partial charge in [-0.3, -0.25) is 0 Å². The van der Waals surface area contributed by atoms with E-state index in [9.17, 15) is 0 Å². The van der Waals surface area contributed by atoms with Crippen LogP contribution in [0.1, 0.15) is 63.6 Å². The Balaban J connectivity index is 1.72. The summed E-state index contributed by atoms with van der Waals surface area (Å²) in [5.74, 6) is 0.652. The first kappa shape index (κ1) is 15.1. The molecular formula is C19H30N2. The molecule has 0 aromatic heterocycles. The Morgan fingerprint density at radius 1 is 1.05 bits per heavy atom. The van der Waals surface area contributed by atoms with Crippen LogP contribution in [0.5, 0.6) is 0 Å². The summed E-state index contributed by atoms with van der Waals surface area (Å²) in [6, 6.07) is 10.8. The minimum atomic E-state index is 0.204. The molecule has 0 amide bonds. The number of hydrogen-bond acceptors (Lipinski definition) is 2. The molecule has 0 aliphatic carbocycles. The molecule has 2 nitrogen and oxygen atoms in total. The van der Waals surface area contributed by atoms with E-state index >= 15 is 0 Å². The fraction of sp³-hybridized carbons (Fsp3) is 0.684. The molecule has 2 N–H and O–H groups in total. The van der Waals surface area contributed by atoms with Gasteiger partial charge in [-0.2, -0.15) is 0 Å². The largest absolute Gasteiger partial charge is 0.324 e. The molecule has 2 fully saturated rings. The maximum Gasteiger partial charge on any atom is 0.0324 e. The predicted molar refractivity (Wildman–Crippen MR) is 89.4 cm³/mol. The third kappa shape index (κ3) is 2.89. The van der Waals surface area contributed by atoms with Crippen molar-refractivity contribution in [1.82, 2.24) is 4.90 Å². The first-order valence-electron chi connectivity index (χ1n) is 8.44. The van der Waals surface area contributed by atoms with Gasteiger partial charge in [-0.25, -0.2) is 0 Å². The van der Waals surface area contributed by atoms with Crippen LogP contribution in [-0.2, 0) is 5.41 Å². The number of benzene rings is 1. The average molecular weight is 286 g/mol. The van der Waals surface area contributed by atoms with Gasteiger partial charge in [-0.05, 0) is 55.2 Å². The van der Waals surface area contributed by atoms with E-state index in [1.165, 1.54) is 36.8 Å².